The lowest BCUT2D eigenvalue weighted by molar-refractivity contribution is -0.139. The first-order valence-electron chi connectivity index (χ1n) is 5.85. The summed E-state index contributed by atoms with van der Waals surface area (Å²) in [5.74, 6) is 0. The van der Waals surface area contributed by atoms with Gasteiger partial charge in [0.15, 0.2) is 0 Å². The van der Waals surface area contributed by atoms with Gasteiger partial charge < -0.3 is 5.11 Å². The number of hydrogen-bond acceptors (Lipinski definition) is 2. The first-order valence-corrected chi connectivity index (χ1v) is 6.73. The maximum absolute atomic E-state index is 12.9. The van der Waals surface area contributed by atoms with Gasteiger partial charge in [0, 0.05) is 4.88 Å². The summed E-state index contributed by atoms with van der Waals surface area (Å²) >= 11 is 1.28. The molecule has 0 saturated carbocycles. The fraction of sp³-hybridized carbons (Fsp3) is 0.286. The molecule has 0 radical (unpaired) electrons. The van der Waals surface area contributed by atoms with Crippen molar-refractivity contribution in [2.75, 3.05) is 0 Å². The Hall–Kier alpha value is -1.33. The Morgan fingerprint density at radius 1 is 1.21 bits per heavy atom. The van der Waals surface area contributed by atoms with Gasteiger partial charge in [0.05, 0.1) is 5.56 Å². The molecular formula is C14H13F3OS. The zero-order valence-corrected chi connectivity index (χ0v) is 11.1. The highest BCUT2D eigenvalue weighted by molar-refractivity contribution is 7.10. The van der Waals surface area contributed by atoms with Gasteiger partial charge in [-0.05, 0) is 35.1 Å². The van der Waals surface area contributed by atoms with Crippen molar-refractivity contribution in [1.82, 2.24) is 0 Å². The van der Waals surface area contributed by atoms with Crippen LogP contribution in [0.2, 0.25) is 0 Å². The summed E-state index contributed by atoms with van der Waals surface area (Å²) in [4.78, 5) is 0.583. The van der Waals surface area contributed by atoms with Crippen molar-refractivity contribution in [1.29, 1.82) is 0 Å². The summed E-state index contributed by atoms with van der Waals surface area (Å²) in [6, 6.07) is 6.99. The molecule has 1 unspecified atom stereocenters. The molecule has 0 spiro atoms. The second kappa shape index (κ2) is 5.35. The minimum absolute atomic E-state index is 0.0906. The molecule has 5 heteroatoms. The molecule has 1 aromatic heterocycles. The standard InChI is InChI=1S/C14H13F3OS/c1-2-9-7-8-19-13(9)12(18)10-5-3-4-6-11(10)14(15,16)17/h3-8,12,18H,2H2,1H3. The first-order chi connectivity index (χ1) is 8.95. The number of benzene rings is 1. The maximum atomic E-state index is 12.9. The van der Waals surface area contributed by atoms with E-state index in [1.165, 1.54) is 29.5 Å². The van der Waals surface area contributed by atoms with Crippen molar-refractivity contribution in [2.45, 2.75) is 25.6 Å². The summed E-state index contributed by atoms with van der Waals surface area (Å²) in [7, 11) is 0. The smallest absolute Gasteiger partial charge is 0.383 e. The molecule has 0 bridgehead atoms. The number of aryl methyl sites for hydroxylation is 1. The Bertz CT molecular complexity index is 560. The van der Waals surface area contributed by atoms with E-state index in [-0.39, 0.29) is 5.56 Å². The van der Waals surface area contributed by atoms with E-state index in [1.54, 1.807) is 5.38 Å². The molecule has 1 atom stereocenters. The Balaban J connectivity index is 2.48. The molecule has 1 N–H and O–H groups in total. The molecule has 0 aliphatic rings. The van der Waals surface area contributed by atoms with Crippen molar-refractivity contribution >= 4 is 11.3 Å². The van der Waals surface area contributed by atoms with Crippen LogP contribution < -0.4 is 0 Å². The molecule has 1 aromatic carbocycles. The van der Waals surface area contributed by atoms with E-state index in [2.05, 4.69) is 0 Å². The minimum Gasteiger partial charge on any atom is -0.383 e. The van der Waals surface area contributed by atoms with Gasteiger partial charge in [-0.15, -0.1) is 11.3 Å². The van der Waals surface area contributed by atoms with E-state index >= 15 is 0 Å². The van der Waals surface area contributed by atoms with E-state index < -0.39 is 17.8 Å². The monoisotopic (exact) mass is 286 g/mol. The quantitative estimate of drug-likeness (QED) is 0.886. The highest BCUT2D eigenvalue weighted by atomic mass is 32.1. The molecule has 0 saturated heterocycles. The van der Waals surface area contributed by atoms with Gasteiger partial charge in [-0.25, -0.2) is 0 Å². The van der Waals surface area contributed by atoms with Crippen LogP contribution in [0.1, 0.15) is 34.6 Å². The predicted octanol–water partition coefficient (Wildman–Crippen LogP) is 4.41. The van der Waals surface area contributed by atoms with Crippen LogP contribution in [-0.4, -0.2) is 5.11 Å². The van der Waals surface area contributed by atoms with Gasteiger partial charge in [0.1, 0.15) is 6.10 Å². The molecule has 1 heterocycles. The number of hydrogen-bond donors (Lipinski definition) is 1. The number of rotatable bonds is 3. The zero-order valence-electron chi connectivity index (χ0n) is 10.2. The van der Waals surface area contributed by atoms with Crippen molar-refractivity contribution in [3.63, 3.8) is 0 Å². The van der Waals surface area contributed by atoms with Gasteiger partial charge in [0.2, 0.25) is 0 Å². The number of aliphatic hydroxyl groups is 1. The lowest BCUT2D eigenvalue weighted by Gasteiger charge is -2.17. The first kappa shape index (κ1) is 14.1. The highest BCUT2D eigenvalue weighted by Gasteiger charge is 2.35. The Morgan fingerprint density at radius 3 is 2.53 bits per heavy atom. The van der Waals surface area contributed by atoms with Crippen molar-refractivity contribution in [2.24, 2.45) is 0 Å². The molecule has 0 aliphatic heterocycles. The predicted molar refractivity (Wildman–Crippen MR) is 69.2 cm³/mol. The summed E-state index contributed by atoms with van der Waals surface area (Å²) in [5, 5.41) is 12.0. The van der Waals surface area contributed by atoms with Crippen LogP contribution >= 0.6 is 11.3 Å². The summed E-state index contributed by atoms with van der Waals surface area (Å²) in [6.45, 7) is 1.91. The van der Waals surface area contributed by atoms with Crippen LogP contribution in [0.3, 0.4) is 0 Å². The number of alkyl halides is 3. The fourth-order valence-electron chi connectivity index (χ4n) is 2.01. The van der Waals surface area contributed by atoms with Crippen molar-refractivity contribution in [3.05, 3.63) is 57.3 Å². The molecule has 19 heavy (non-hydrogen) atoms. The molecular weight excluding hydrogens is 273 g/mol. The van der Waals surface area contributed by atoms with Gasteiger partial charge in [-0.2, -0.15) is 13.2 Å². The number of thiophene rings is 1. The van der Waals surface area contributed by atoms with E-state index in [9.17, 15) is 18.3 Å². The van der Waals surface area contributed by atoms with Crippen molar-refractivity contribution < 1.29 is 18.3 Å². The Morgan fingerprint density at radius 2 is 1.89 bits per heavy atom. The van der Waals surface area contributed by atoms with Gasteiger partial charge >= 0.3 is 6.18 Å². The molecule has 1 nitrogen and oxygen atoms in total. The van der Waals surface area contributed by atoms with Crippen LogP contribution in [0.15, 0.2) is 35.7 Å². The largest absolute Gasteiger partial charge is 0.416 e. The lowest BCUT2D eigenvalue weighted by Crippen LogP contribution is -2.12. The lowest BCUT2D eigenvalue weighted by atomic mass is 9.98. The number of halogens is 3. The second-order valence-corrected chi connectivity index (χ2v) is 5.10. The number of aliphatic hydroxyl groups excluding tert-OH is 1. The topological polar surface area (TPSA) is 20.2 Å². The molecule has 0 fully saturated rings. The van der Waals surface area contributed by atoms with E-state index in [4.69, 9.17) is 0 Å². The molecule has 2 aromatic rings. The molecule has 2 rings (SSSR count). The van der Waals surface area contributed by atoms with Crippen LogP contribution in [0.25, 0.3) is 0 Å². The highest BCUT2D eigenvalue weighted by Crippen LogP contribution is 2.38. The van der Waals surface area contributed by atoms with E-state index in [0.717, 1.165) is 11.6 Å². The van der Waals surface area contributed by atoms with E-state index in [1.807, 2.05) is 13.0 Å². The summed E-state index contributed by atoms with van der Waals surface area (Å²) in [5.41, 5.74) is 0.0135. The third-order valence-corrected chi connectivity index (χ3v) is 3.98. The third-order valence-electron chi connectivity index (χ3n) is 2.97. The SMILES string of the molecule is CCc1ccsc1C(O)c1ccccc1C(F)(F)F. The van der Waals surface area contributed by atoms with Gasteiger partial charge in [-0.1, -0.05) is 25.1 Å². The maximum Gasteiger partial charge on any atom is 0.416 e. The average Bonchev–Trinajstić information content (AvgIpc) is 2.85. The fourth-order valence-corrected chi connectivity index (χ4v) is 3.01. The third kappa shape index (κ3) is 2.82. The average molecular weight is 286 g/mol. The zero-order chi connectivity index (χ0) is 14.0. The van der Waals surface area contributed by atoms with Crippen LogP contribution in [-0.2, 0) is 12.6 Å². The molecule has 0 aliphatic carbocycles. The van der Waals surface area contributed by atoms with Gasteiger partial charge in [0.25, 0.3) is 0 Å². The van der Waals surface area contributed by atoms with Crippen LogP contribution in [0.5, 0.6) is 0 Å². The Kier molecular flexibility index (Phi) is 3.96. The van der Waals surface area contributed by atoms with Crippen molar-refractivity contribution in [3.8, 4) is 0 Å². The minimum atomic E-state index is -4.46. The van der Waals surface area contributed by atoms with E-state index in [0.29, 0.717) is 11.3 Å². The summed E-state index contributed by atoms with van der Waals surface area (Å²) in [6.07, 6.45) is -5.00. The summed E-state index contributed by atoms with van der Waals surface area (Å²) < 4.78 is 38.8. The Labute approximate surface area is 113 Å². The second-order valence-electron chi connectivity index (χ2n) is 4.15. The van der Waals surface area contributed by atoms with Gasteiger partial charge in [-0.3, -0.25) is 0 Å². The normalized spacial score (nSPS) is 13.5. The van der Waals surface area contributed by atoms with Crippen LogP contribution in [0.4, 0.5) is 13.2 Å². The molecule has 0 amide bonds. The van der Waals surface area contributed by atoms with Crippen LogP contribution in [0, 0.1) is 0 Å². The molecule has 102 valence electrons.